The summed E-state index contributed by atoms with van der Waals surface area (Å²) >= 11 is 0. The fourth-order valence-corrected chi connectivity index (χ4v) is 4.58. The van der Waals surface area contributed by atoms with Crippen molar-refractivity contribution in [2.24, 2.45) is 7.05 Å². The average Bonchev–Trinajstić information content (AvgIpc) is 3.00. The van der Waals surface area contributed by atoms with E-state index in [-0.39, 0.29) is 17.2 Å². The van der Waals surface area contributed by atoms with Crippen LogP contribution >= 0.6 is 0 Å². The first-order valence-electron chi connectivity index (χ1n) is 13.8. The summed E-state index contributed by atoms with van der Waals surface area (Å²) in [6, 6.07) is 14.0. The maximum absolute atomic E-state index is 13.5. The number of ether oxygens (including phenoxy) is 1. The van der Waals surface area contributed by atoms with Gasteiger partial charge >= 0.3 is 0 Å². The third-order valence-electron chi connectivity index (χ3n) is 6.67. The van der Waals surface area contributed by atoms with E-state index in [1.54, 1.807) is 41.2 Å². The van der Waals surface area contributed by atoms with Crippen LogP contribution < -0.4 is 25.4 Å². The zero-order valence-corrected chi connectivity index (χ0v) is 24.7. The number of hydrogen-bond acceptors (Lipinski definition) is 9. The van der Waals surface area contributed by atoms with Gasteiger partial charge < -0.3 is 29.9 Å². The molecule has 0 saturated heterocycles. The topological polar surface area (TPSA) is 116 Å². The zero-order chi connectivity index (χ0) is 30.4. The van der Waals surface area contributed by atoms with Gasteiger partial charge in [0.05, 0.1) is 11.4 Å². The van der Waals surface area contributed by atoms with E-state index in [9.17, 15) is 14.7 Å². The van der Waals surface area contributed by atoms with Crippen LogP contribution in [0.2, 0.25) is 0 Å². The summed E-state index contributed by atoms with van der Waals surface area (Å²) in [5, 5.41) is 14.0. The number of nitrogens with zero attached hydrogens (tertiary/aromatic N) is 6. The molecule has 0 fully saturated rings. The highest BCUT2D eigenvalue weighted by molar-refractivity contribution is 6.05. The minimum atomic E-state index is -0.269. The summed E-state index contributed by atoms with van der Waals surface area (Å²) in [6.07, 6.45) is 2.91. The zero-order valence-electron chi connectivity index (χ0n) is 24.7. The molecule has 11 heteroatoms. The number of aryl methyl sites for hydroxylation is 1. The summed E-state index contributed by atoms with van der Waals surface area (Å²) < 4.78 is 7.22. The van der Waals surface area contributed by atoms with Crippen LogP contribution in [0.1, 0.15) is 13.8 Å². The van der Waals surface area contributed by atoms with E-state index in [0.29, 0.717) is 53.7 Å². The molecule has 1 aliphatic rings. The van der Waals surface area contributed by atoms with Crippen molar-refractivity contribution in [1.82, 2.24) is 19.4 Å². The number of benzene rings is 2. The maximum atomic E-state index is 13.5. The van der Waals surface area contributed by atoms with Crippen LogP contribution in [0.15, 0.2) is 72.2 Å². The van der Waals surface area contributed by atoms with Gasteiger partial charge in [0.25, 0.3) is 11.5 Å². The molecule has 5 rings (SSSR count). The molecule has 42 heavy (non-hydrogen) atoms. The van der Waals surface area contributed by atoms with E-state index in [2.05, 4.69) is 26.8 Å². The molecular weight excluding hydrogens is 534 g/mol. The molecular formula is C31H37N7O4. The molecule has 0 bridgehead atoms. The van der Waals surface area contributed by atoms with Crippen molar-refractivity contribution in [1.29, 1.82) is 0 Å². The van der Waals surface area contributed by atoms with Crippen molar-refractivity contribution in [3.8, 4) is 11.5 Å². The molecule has 0 saturated carbocycles. The number of rotatable bonds is 8. The molecule has 0 atom stereocenters. The SMILES string of the molecule is C=CC(=O)N1CCN(c2cc3cnc(Nc4ccc(OCCN(C)C)cc4)nc3n(C)c2=O)c2cc(O)ccc21.CC. The Morgan fingerprint density at radius 1 is 1.10 bits per heavy atom. The van der Waals surface area contributed by atoms with E-state index in [0.717, 1.165) is 18.0 Å². The number of hydrogen-bond donors (Lipinski definition) is 2. The van der Waals surface area contributed by atoms with Crippen molar-refractivity contribution < 1.29 is 14.6 Å². The third kappa shape index (κ3) is 6.36. The van der Waals surface area contributed by atoms with Gasteiger partial charge in [-0.15, -0.1) is 0 Å². The smallest absolute Gasteiger partial charge is 0.275 e. The first-order chi connectivity index (χ1) is 20.2. The van der Waals surface area contributed by atoms with Gasteiger partial charge in [-0.2, -0.15) is 4.98 Å². The van der Waals surface area contributed by atoms with Crippen molar-refractivity contribution in [3.63, 3.8) is 0 Å². The third-order valence-corrected chi connectivity index (χ3v) is 6.67. The van der Waals surface area contributed by atoms with Gasteiger partial charge in [0.1, 0.15) is 29.4 Å². The molecule has 0 aliphatic carbocycles. The van der Waals surface area contributed by atoms with E-state index < -0.39 is 0 Å². The fraction of sp³-hybridized carbons (Fsp3) is 0.290. The van der Waals surface area contributed by atoms with Crippen LogP contribution in [-0.4, -0.2) is 70.8 Å². The maximum Gasteiger partial charge on any atom is 0.275 e. The first kappa shape index (κ1) is 30.1. The molecule has 1 aliphatic heterocycles. The number of anilines is 5. The summed E-state index contributed by atoms with van der Waals surface area (Å²) in [5.41, 5.74) is 2.50. The second-order valence-corrected chi connectivity index (χ2v) is 9.69. The van der Waals surface area contributed by atoms with Gasteiger partial charge in [0.2, 0.25) is 5.95 Å². The Hall–Kier alpha value is -4.90. The van der Waals surface area contributed by atoms with Crippen LogP contribution in [0, 0.1) is 0 Å². The van der Waals surface area contributed by atoms with Gasteiger partial charge in [0.15, 0.2) is 0 Å². The van der Waals surface area contributed by atoms with Gasteiger partial charge in [0, 0.05) is 50.0 Å². The number of aromatic hydroxyl groups is 1. The predicted molar refractivity (Wildman–Crippen MR) is 168 cm³/mol. The summed E-state index contributed by atoms with van der Waals surface area (Å²) in [5.74, 6) is 0.897. The van der Waals surface area contributed by atoms with Crippen LogP contribution in [0.5, 0.6) is 11.5 Å². The van der Waals surface area contributed by atoms with Crippen molar-refractivity contribution in [3.05, 3.63) is 77.7 Å². The van der Waals surface area contributed by atoms with Crippen LogP contribution in [0.25, 0.3) is 11.0 Å². The molecule has 0 spiro atoms. The van der Waals surface area contributed by atoms with Crippen molar-refractivity contribution in [2.75, 3.05) is 55.5 Å². The Kier molecular flexibility index (Phi) is 9.43. The Bertz CT molecular complexity index is 1630. The number of carbonyl (C=O) groups excluding carboxylic acids is 1. The lowest BCUT2D eigenvalue weighted by Crippen LogP contribution is -2.43. The molecule has 1 amide bonds. The lowest BCUT2D eigenvalue weighted by molar-refractivity contribution is -0.114. The molecule has 4 aromatic rings. The lowest BCUT2D eigenvalue weighted by Gasteiger charge is -2.37. The molecule has 2 N–H and O–H groups in total. The quantitative estimate of drug-likeness (QED) is 0.297. The van der Waals surface area contributed by atoms with Crippen LogP contribution in [0.3, 0.4) is 0 Å². The second kappa shape index (κ2) is 13.2. The van der Waals surface area contributed by atoms with Crippen molar-refractivity contribution >= 4 is 45.6 Å². The Labute approximate surface area is 245 Å². The van der Waals surface area contributed by atoms with Gasteiger partial charge in [-0.1, -0.05) is 20.4 Å². The number of nitrogens with one attached hydrogen (secondary N) is 1. The highest BCUT2D eigenvalue weighted by Gasteiger charge is 2.29. The number of pyridine rings is 1. The van der Waals surface area contributed by atoms with E-state index in [1.165, 1.54) is 16.7 Å². The van der Waals surface area contributed by atoms with E-state index in [4.69, 9.17) is 4.74 Å². The molecule has 2 aromatic carbocycles. The number of carbonyl (C=O) groups is 1. The molecule has 220 valence electrons. The van der Waals surface area contributed by atoms with Crippen molar-refractivity contribution in [2.45, 2.75) is 13.8 Å². The number of phenolic OH excluding ortho intramolecular Hbond substituents is 1. The molecule has 2 aromatic heterocycles. The first-order valence-corrected chi connectivity index (χ1v) is 13.8. The highest BCUT2D eigenvalue weighted by Crippen LogP contribution is 2.39. The van der Waals surface area contributed by atoms with Crippen LogP contribution in [-0.2, 0) is 11.8 Å². The standard InChI is InChI=1S/C29H31N7O4.C2H6/c1-5-26(38)36-13-12-35(24-17-21(37)8-11-23(24)36)25-16-19-18-30-29(32-27(19)34(4)28(25)39)31-20-6-9-22(10-7-20)40-15-14-33(2)3;1-2/h5-11,16-18,37H,1,12-15H2,2-4H3,(H,30,31,32);1-2H3. The Morgan fingerprint density at radius 3 is 2.52 bits per heavy atom. The molecule has 3 heterocycles. The Balaban J connectivity index is 0.00000198. The second-order valence-electron chi connectivity index (χ2n) is 9.69. The summed E-state index contributed by atoms with van der Waals surface area (Å²) in [6.45, 7) is 9.71. The number of aromatic nitrogens is 3. The molecule has 0 radical (unpaired) electrons. The normalized spacial score (nSPS) is 12.4. The number of amides is 1. The minimum absolute atomic E-state index is 0.0291. The molecule has 0 unspecified atom stereocenters. The average molecular weight is 572 g/mol. The number of phenols is 1. The number of likely N-dealkylation sites (N-methyl/N-ethyl adjacent to an activating group) is 1. The lowest BCUT2D eigenvalue weighted by atomic mass is 10.1. The molecule has 11 nitrogen and oxygen atoms in total. The van der Waals surface area contributed by atoms with Gasteiger partial charge in [-0.3, -0.25) is 14.2 Å². The fourth-order valence-electron chi connectivity index (χ4n) is 4.58. The largest absolute Gasteiger partial charge is 0.508 e. The predicted octanol–water partition coefficient (Wildman–Crippen LogP) is 4.42. The van der Waals surface area contributed by atoms with Gasteiger partial charge in [-0.25, -0.2) is 4.98 Å². The van der Waals surface area contributed by atoms with E-state index in [1.807, 2.05) is 52.2 Å². The van der Waals surface area contributed by atoms with E-state index >= 15 is 0 Å². The Morgan fingerprint density at radius 2 is 1.83 bits per heavy atom. The summed E-state index contributed by atoms with van der Waals surface area (Å²) in [4.78, 5) is 40.5. The number of fused-ring (bicyclic) bond motifs is 2. The highest BCUT2D eigenvalue weighted by atomic mass is 16.5. The summed E-state index contributed by atoms with van der Waals surface area (Å²) in [7, 11) is 5.65. The minimum Gasteiger partial charge on any atom is -0.508 e. The monoisotopic (exact) mass is 571 g/mol. The van der Waals surface area contributed by atoms with Gasteiger partial charge in [-0.05, 0) is 62.6 Å². The van der Waals surface area contributed by atoms with Crippen LogP contribution in [0.4, 0.5) is 28.7 Å².